The molecule has 2 unspecified atom stereocenters. The number of hydrogen-bond acceptors (Lipinski definition) is 1. The number of halogens is 1. The van der Waals surface area contributed by atoms with Gasteiger partial charge in [-0.3, -0.25) is 0 Å². The van der Waals surface area contributed by atoms with E-state index in [0.717, 1.165) is 0 Å². The molecule has 0 saturated heterocycles. The van der Waals surface area contributed by atoms with Crippen molar-refractivity contribution in [3.05, 3.63) is 24.2 Å². The number of hydrogen-bond donors (Lipinski definition) is 0. The summed E-state index contributed by atoms with van der Waals surface area (Å²) < 4.78 is 5.10. The molecule has 0 radical (unpaired) electrons. The zero-order chi connectivity index (χ0) is 8.39. The van der Waals surface area contributed by atoms with Gasteiger partial charge in [0, 0.05) is 4.83 Å². The van der Waals surface area contributed by atoms with Crippen molar-refractivity contribution >= 4 is 15.9 Å². The minimum Gasteiger partial charge on any atom is -0.472 e. The van der Waals surface area contributed by atoms with Crippen LogP contribution >= 0.6 is 15.9 Å². The summed E-state index contributed by atoms with van der Waals surface area (Å²) in [5, 5.41) is 0. The van der Waals surface area contributed by atoms with Gasteiger partial charge in [-0.05, 0) is 30.4 Å². The molecule has 0 spiro atoms. The third-order valence-corrected chi connectivity index (χ3v) is 3.75. The molecule has 1 nitrogen and oxygen atoms in total. The molecule has 1 fully saturated rings. The molecule has 0 amide bonds. The second-order valence-electron chi connectivity index (χ2n) is 3.46. The molecule has 0 bridgehead atoms. The Balaban J connectivity index is 2.11. The summed E-state index contributed by atoms with van der Waals surface area (Å²) in [6, 6.07) is 2.09. The van der Waals surface area contributed by atoms with E-state index in [1.165, 1.54) is 31.2 Å². The maximum Gasteiger partial charge on any atom is 0.0937 e. The summed E-state index contributed by atoms with van der Waals surface area (Å²) in [5.41, 5.74) is 1.36. The zero-order valence-corrected chi connectivity index (χ0v) is 8.59. The Bertz CT molecular complexity index is 230. The van der Waals surface area contributed by atoms with Crippen molar-refractivity contribution in [1.29, 1.82) is 0 Å². The lowest BCUT2D eigenvalue weighted by molar-refractivity contribution is 0.456. The first-order valence-corrected chi connectivity index (χ1v) is 5.45. The van der Waals surface area contributed by atoms with Crippen LogP contribution in [0.4, 0.5) is 0 Å². The van der Waals surface area contributed by atoms with Crippen molar-refractivity contribution in [3.63, 3.8) is 0 Å². The summed E-state index contributed by atoms with van der Waals surface area (Å²) in [7, 11) is 0. The highest BCUT2D eigenvalue weighted by Gasteiger charge is 2.24. The van der Waals surface area contributed by atoms with E-state index in [-0.39, 0.29) is 0 Å². The summed E-state index contributed by atoms with van der Waals surface area (Å²) in [6.45, 7) is 0. The Kier molecular flexibility index (Phi) is 2.54. The number of rotatable bonds is 1. The third kappa shape index (κ3) is 1.58. The van der Waals surface area contributed by atoms with Gasteiger partial charge in [0.05, 0.1) is 12.5 Å². The Morgan fingerprint density at radius 1 is 1.33 bits per heavy atom. The smallest absolute Gasteiger partial charge is 0.0937 e. The number of furan rings is 1. The Morgan fingerprint density at radius 2 is 2.17 bits per heavy atom. The van der Waals surface area contributed by atoms with Crippen LogP contribution in [0.3, 0.4) is 0 Å². The lowest BCUT2D eigenvalue weighted by atomic mass is 9.85. The third-order valence-electron chi connectivity index (χ3n) is 2.65. The number of alkyl halides is 1. The van der Waals surface area contributed by atoms with E-state index in [1.807, 2.05) is 6.26 Å². The van der Waals surface area contributed by atoms with Crippen LogP contribution in [0.25, 0.3) is 0 Å². The van der Waals surface area contributed by atoms with Crippen LogP contribution in [0, 0.1) is 0 Å². The Labute approximate surface area is 81.3 Å². The average Bonchev–Trinajstić information content (AvgIpc) is 2.57. The van der Waals surface area contributed by atoms with Gasteiger partial charge in [-0.15, -0.1) is 0 Å². The molecule has 0 N–H and O–H groups in total. The molecule has 1 aliphatic carbocycles. The van der Waals surface area contributed by atoms with Crippen LogP contribution in [0.2, 0.25) is 0 Å². The van der Waals surface area contributed by atoms with Gasteiger partial charge < -0.3 is 4.42 Å². The molecular formula is C10H13BrO. The monoisotopic (exact) mass is 228 g/mol. The second kappa shape index (κ2) is 3.65. The molecule has 0 aliphatic heterocycles. The highest BCUT2D eigenvalue weighted by Crippen LogP contribution is 2.37. The highest BCUT2D eigenvalue weighted by molar-refractivity contribution is 9.09. The molecular weight excluding hydrogens is 216 g/mol. The quantitative estimate of drug-likeness (QED) is 0.669. The molecule has 1 aromatic rings. The zero-order valence-electron chi connectivity index (χ0n) is 7.00. The summed E-state index contributed by atoms with van der Waals surface area (Å²) >= 11 is 3.73. The van der Waals surface area contributed by atoms with E-state index in [1.54, 1.807) is 6.26 Å². The molecule has 12 heavy (non-hydrogen) atoms. The van der Waals surface area contributed by atoms with Crippen molar-refractivity contribution in [2.24, 2.45) is 0 Å². The predicted octanol–water partition coefficient (Wildman–Crippen LogP) is 3.70. The molecule has 66 valence electrons. The predicted molar refractivity (Wildman–Crippen MR) is 52.6 cm³/mol. The van der Waals surface area contributed by atoms with E-state index < -0.39 is 0 Å². The molecule has 1 aromatic heterocycles. The molecule has 2 heteroatoms. The van der Waals surface area contributed by atoms with Gasteiger partial charge in [-0.1, -0.05) is 28.8 Å². The van der Waals surface area contributed by atoms with Crippen molar-refractivity contribution < 1.29 is 4.42 Å². The van der Waals surface area contributed by atoms with Crippen LogP contribution < -0.4 is 0 Å². The fourth-order valence-electron chi connectivity index (χ4n) is 1.95. The SMILES string of the molecule is BrC1CCCCC1c1ccoc1. The van der Waals surface area contributed by atoms with E-state index in [4.69, 9.17) is 4.42 Å². The summed E-state index contributed by atoms with van der Waals surface area (Å²) in [5.74, 6) is 0.678. The second-order valence-corrected chi connectivity index (χ2v) is 4.64. The molecule has 2 atom stereocenters. The summed E-state index contributed by atoms with van der Waals surface area (Å²) in [6.07, 6.45) is 8.97. The van der Waals surface area contributed by atoms with Gasteiger partial charge in [0.1, 0.15) is 0 Å². The fourth-order valence-corrected chi connectivity index (χ4v) is 2.84. The molecule has 0 aromatic carbocycles. The van der Waals surface area contributed by atoms with Crippen molar-refractivity contribution in [3.8, 4) is 0 Å². The Hall–Kier alpha value is -0.240. The lowest BCUT2D eigenvalue weighted by Crippen LogP contribution is -2.16. The van der Waals surface area contributed by atoms with Gasteiger partial charge in [0.15, 0.2) is 0 Å². The van der Waals surface area contributed by atoms with Gasteiger partial charge in [-0.25, -0.2) is 0 Å². The van der Waals surface area contributed by atoms with E-state index in [2.05, 4.69) is 22.0 Å². The van der Waals surface area contributed by atoms with Gasteiger partial charge in [0.25, 0.3) is 0 Å². The van der Waals surface area contributed by atoms with Crippen LogP contribution in [0.1, 0.15) is 37.2 Å². The molecule has 1 saturated carbocycles. The standard InChI is InChI=1S/C10H13BrO/c11-10-4-2-1-3-9(10)8-5-6-12-7-8/h5-7,9-10H,1-4H2. The Morgan fingerprint density at radius 3 is 2.83 bits per heavy atom. The topological polar surface area (TPSA) is 13.1 Å². The van der Waals surface area contributed by atoms with Crippen LogP contribution in [-0.2, 0) is 0 Å². The van der Waals surface area contributed by atoms with Crippen molar-refractivity contribution in [2.75, 3.05) is 0 Å². The fraction of sp³-hybridized carbons (Fsp3) is 0.600. The van der Waals surface area contributed by atoms with Crippen LogP contribution in [0.5, 0.6) is 0 Å². The van der Waals surface area contributed by atoms with E-state index in [0.29, 0.717) is 10.7 Å². The van der Waals surface area contributed by atoms with Crippen LogP contribution in [0.15, 0.2) is 23.0 Å². The molecule has 2 rings (SSSR count). The first-order chi connectivity index (χ1) is 5.88. The minimum atomic E-state index is 0.656. The largest absolute Gasteiger partial charge is 0.472 e. The van der Waals surface area contributed by atoms with E-state index >= 15 is 0 Å². The van der Waals surface area contributed by atoms with Crippen LogP contribution in [-0.4, -0.2) is 4.83 Å². The van der Waals surface area contributed by atoms with Crippen molar-refractivity contribution in [2.45, 2.75) is 36.4 Å². The molecule has 1 aliphatic rings. The van der Waals surface area contributed by atoms with E-state index in [9.17, 15) is 0 Å². The lowest BCUT2D eigenvalue weighted by Gasteiger charge is -2.26. The first-order valence-electron chi connectivity index (χ1n) is 4.54. The first kappa shape index (κ1) is 8.36. The normalized spacial score (nSPS) is 30.4. The highest BCUT2D eigenvalue weighted by atomic mass is 79.9. The van der Waals surface area contributed by atoms with Gasteiger partial charge in [0.2, 0.25) is 0 Å². The maximum absolute atomic E-state index is 5.10. The van der Waals surface area contributed by atoms with Gasteiger partial charge in [-0.2, -0.15) is 0 Å². The molecule has 1 heterocycles. The van der Waals surface area contributed by atoms with Gasteiger partial charge >= 0.3 is 0 Å². The summed E-state index contributed by atoms with van der Waals surface area (Å²) in [4.78, 5) is 0.656. The van der Waals surface area contributed by atoms with Crippen molar-refractivity contribution in [1.82, 2.24) is 0 Å². The minimum absolute atomic E-state index is 0.656. The maximum atomic E-state index is 5.10. The average molecular weight is 229 g/mol.